The van der Waals surface area contributed by atoms with E-state index < -0.39 is 17.7 Å². The van der Waals surface area contributed by atoms with Crippen molar-refractivity contribution >= 4 is 18.3 Å². The van der Waals surface area contributed by atoms with Crippen molar-refractivity contribution in [3.8, 4) is 0 Å². The van der Waals surface area contributed by atoms with Gasteiger partial charge in [-0.2, -0.15) is 9.38 Å². The largest absolute Gasteiger partial charge is 0.442 e. The summed E-state index contributed by atoms with van der Waals surface area (Å²) in [7, 11) is 0. The molecule has 98 valence electrons. The Morgan fingerprint density at radius 1 is 1.53 bits per heavy atom. The van der Waals surface area contributed by atoms with E-state index in [1.165, 1.54) is 6.21 Å². The van der Waals surface area contributed by atoms with E-state index in [4.69, 9.17) is 10.1 Å². The summed E-state index contributed by atoms with van der Waals surface area (Å²) in [6.07, 6.45) is 2.23. The first-order valence-electron chi connectivity index (χ1n) is 5.74. The van der Waals surface area contributed by atoms with Crippen LogP contribution in [-0.2, 0) is 4.74 Å². The average molecular weight is 244 g/mol. The van der Waals surface area contributed by atoms with Crippen molar-refractivity contribution in [3.05, 3.63) is 0 Å². The van der Waals surface area contributed by atoms with E-state index in [0.717, 1.165) is 6.42 Å². The van der Waals surface area contributed by atoms with Crippen LogP contribution in [0.25, 0.3) is 0 Å². The average Bonchev–Trinajstić information content (AvgIpc) is 2.11. The fourth-order valence-corrected chi connectivity index (χ4v) is 1.28. The Balaban J connectivity index is 4.33. The van der Waals surface area contributed by atoms with Crippen molar-refractivity contribution in [1.29, 1.82) is 5.41 Å². The van der Waals surface area contributed by atoms with Gasteiger partial charge in [0.2, 0.25) is 0 Å². The first-order chi connectivity index (χ1) is 7.74. The molecule has 1 unspecified atom stereocenters. The minimum absolute atomic E-state index is 0.0138. The summed E-state index contributed by atoms with van der Waals surface area (Å²) in [6, 6.07) is 0. The van der Waals surface area contributed by atoms with Crippen molar-refractivity contribution in [1.82, 2.24) is 0 Å². The van der Waals surface area contributed by atoms with E-state index in [0.29, 0.717) is 6.42 Å². The molecule has 1 atom stereocenters. The standard InChI is InChI=1S/C12H21FN2O2/c1-5-6-9(7-10(13)14)8-15-11(16)17-12(2,3)4/h8-9,14H,5-7H2,1-4H3. The lowest BCUT2D eigenvalue weighted by molar-refractivity contribution is 0.0604. The number of nitrogens with one attached hydrogen (secondary N) is 1. The number of rotatable bonds is 5. The van der Waals surface area contributed by atoms with E-state index in [9.17, 15) is 9.18 Å². The third-order valence-corrected chi connectivity index (χ3v) is 1.89. The summed E-state index contributed by atoms with van der Waals surface area (Å²) >= 11 is 0. The van der Waals surface area contributed by atoms with Gasteiger partial charge in [0.25, 0.3) is 0 Å². The van der Waals surface area contributed by atoms with Crippen LogP contribution in [0.15, 0.2) is 4.99 Å². The summed E-state index contributed by atoms with van der Waals surface area (Å²) < 4.78 is 17.5. The molecule has 1 amide bonds. The number of ether oxygens (including phenoxy) is 1. The normalized spacial score (nSPS) is 13.7. The molecule has 0 aliphatic rings. The van der Waals surface area contributed by atoms with Gasteiger partial charge in [-0.1, -0.05) is 13.3 Å². The Kier molecular flexibility index (Phi) is 6.61. The van der Waals surface area contributed by atoms with Gasteiger partial charge in [0, 0.05) is 18.6 Å². The molecule has 0 saturated carbocycles. The quantitative estimate of drug-likeness (QED) is 0.749. The molecule has 0 bridgehead atoms. The lowest BCUT2D eigenvalue weighted by atomic mass is 10.0. The second kappa shape index (κ2) is 7.14. The number of aliphatic imine (C=N–C) groups is 1. The van der Waals surface area contributed by atoms with E-state index in [-0.39, 0.29) is 12.3 Å². The van der Waals surface area contributed by atoms with Crippen LogP contribution in [0.1, 0.15) is 47.0 Å². The zero-order valence-corrected chi connectivity index (χ0v) is 10.9. The molecule has 5 heteroatoms. The minimum atomic E-state index is -0.890. The van der Waals surface area contributed by atoms with Crippen LogP contribution < -0.4 is 0 Å². The monoisotopic (exact) mass is 244 g/mol. The lowest BCUT2D eigenvalue weighted by Crippen LogP contribution is -2.22. The number of halogens is 1. The predicted molar refractivity (Wildman–Crippen MR) is 66.6 cm³/mol. The number of amides is 1. The lowest BCUT2D eigenvalue weighted by Gasteiger charge is -2.17. The molecule has 0 radical (unpaired) electrons. The highest BCUT2D eigenvalue weighted by Crippen LogP contribution is 2.12. The first kappa shape index (κ1) is 15.7. The third kappa shape index (κ3) is 9.66. The molecular formula is C12H21FN2O2. The van der Waals surface area contributed by atoms with E-state index in [1.807, 2.05) is 6.92 Å². The summed E-state index contributed by atoms with van der Waals surface area (Å²) in [5.74, 6) is -1.11. The van der Waals surface area contributed by atoms with Crippen LogP contribution in [0.5, 0.6) is 0 Å². The second-order valence-corrected chi connectivity index (χ2v) is 4.92. The molecule has 17 heavy (non-hydrogen) atoms. The maximum Gasteiger partial charge on any atom is 0.433 e. The van der Waals surface area contributed by atoms with Crippen LogP contribution in [0.2, 0.25) is 0 Å². The highest BCUT2D eigenvalue weighted by atomic mass is 19.1. The molecule has 0 aromatic heterocycles. The van der Waals surface area contributed by atoms with Gasteiger partial charge in [-0.15, -0.1) is 0 Å². The molecule has 0 rings (SSSR count). The zero-order valence-electron chi connectivity index (χ0n) is 10.9. The maximum absolute atomic E-state index is 12.5. The molecular weight excluding hydrogens is 223 g/mol. The van der Waals surface area contributed by atoms with Gasteiger partial charge in [-0.05, 0) is 27.2 Å². The van der Waals surface area contributed by atoms with Crippen LogP contribution in [0.4, 0.5) is 9.18 Å². The van der Waals surface area contributed by atoms with Crippen molar-refractivity contribution in [3.63, 3.8) is 0 Å². The van der Waals surface area contributed by atoms with Crippen molar-refractivity contribution in [2.45, 2.75) is 52.6 Å². The molecule has 0 aromatic rings. The molecule has 0 heterocycles. The SMILES string of the molecule is CCCC(C=NC(=O)OC(C)(C)C)CC(=N)F. The third-order valence-electron chi connectivity index (χ3n) is 1.89. The smallest absolute Gasteiger partial charge is 0.433 e. The van der Waals surface area contributed by atoms with Crippen molar-refractivity contribution in [2.75, 3.05) is 0 Å². The van der Waals surface area contributed by atoms with Crippen molar-refractivity contribution < 1.29 is 13.9 Å². The zero-order chi connectivity index (χ0) is 13.5. The first-order valence-corrected chi connectivity index (χ1v) is 5.74. The number of hydrogen-bond acceptors (Lipinski definition) is 3. The van der Waals surface area contributed by atoms with Crippen LogP contribution in [-0.4, -0.2) is 23.9 Å². The van der Waals surface area contributed by atoms with Gasteiger partial charge in [0.1, 0.15) is 5.60 Å². The highest BCUT2D eigenvalue weighted by molar-refractivity contribution is 5.83. The number of hydrogen-bond donors (Lipinski definition) is 1. The molecule has 0 aromatic carbocycles. The van der Waals surface area contributed by atoms with Crippen molar-refractivity contribution in [2.24, 2.45) is 10.9 Å². The summed E-state index contributed by atoms with van der Waals surface area (Å²) in [4.78, 5) is 14.9. The topological polar surface area (TPSA) is 62.5 Å². The Labute approximate surface area is 102 Å². The summed E-state index contributed by atoms with van der Waals surface area (Å²) in [5.41, 5.74) is -0.582. The van der Waals surface area contributed by atoms with Gasteiger partial charge < -0.3 is 4.74 Å². The van der Waals surface area contributed by atoms with Crippen LogP contribution in [0, 0.1) is 11.3 Å². The molecule has 0 spiro atoms. The molecule has 0 aliphatic heterocycles. The van der Waals surface area contributed by atoms with Gasteiger partial charge in [-0.3, -0.25) is 5.41 Å². The number of carbonyl (C=O) groups is 1. The molecule has 0 saturated heterocycles. The van der Waals surface area contributed by atoms with Gasteiger partial charge in [0.15, 0.2) is 5.97 Å². The molecule has 0 fully saturated rings. The highest BCUT2D eigenvalue weighted by Gasteiger charge is 2.16. The Bertz CT molecular complexity index is 295. The van der Waals surface area contributed by atoms with E-state index >= 15 is 0 Å². The Morgan fingerprint density at radius 3 is 2.53 bits per heavy atom. The number of nitrogens with zero attached hydrogens (tertiary/aromatic N) is 1. The van der Waals surface area contributed by atoms with Gasteiger partial charge in [-0.25, -0.2) is 4.79 Å². The predicted octanol–water partition coefficient (Wildman–Crippen LogP) is 3.75. The van der Waals surface area contributed by atoms with E-state index in [1.54, 1.807) is 20.8 Å². The maximum atomic E-state index is 12.5. The summed E-state index contributed by atoms with van der Waals surface area (Å²) in [6.45, 7) is 7.21. The van der Waals surface area contributed by atoms with E-state index in [2.05, 4.69) is 4.99 Å². The van der Waals surface area contributed by atoms with Crippen LogP contribution >= 0.6 is 0 Å². The molecule has 4 nitrogen and oxygen atoms in total. The van der Waals surface area contributed by atoms with Crippen LogP contribution in [0.3, 0.4) is 0 Å². The fraction of sp³-hybridized carbons (Fsp3) is 0.750. The summed E-state index contributed by atoms with van der Waals surface area (Å²) in [5, 5.41) is 6.79. The second-order valence-electron chi connectivity index (χ2n) is 4.92. The van der Waals surface area contributed by atoms with Gasteiger partial charge in [0.05, 0.1) is 0 Å². The van der Waals surface area contributed by atoms with Gasteiger partial charge >= 0.3 is 6.09 Å². The molecule has 0 aliphatic carbocycles. The Hall–Kier alpha value is -1.26. The Morgan fingerprint density at radius 2 is 2.12 bits per heavy atom. The minimum Gasteiger partial charge on any atom is -0.442 e. The number of carbonyl (C=O) groups excluding carboxylic acids is 1. The molecule has 1 N–H and O–H groups in total. The fourth-order valence-electron chi connectivity index (χ4n) is 1.28.